The number of rotatable bonds is 4. The van der Waals surface area contributed by atoms with Crippen LogP contribution in [0.1, 0.15) is 42.5 Å². The van der Waals surface area contributed by atoms with Crippen LogP contribution in [0.25, 0.3) is 0 Å². The van der Waals surface area contributed by atoms with Gasteiger partial charge in [-0.1, -0.05) is 5.16 Å². The van der Waals surface area contributed by atoms with Crippen molar-refractivity contribution in [3.05, 3.63) is 23.4 Å². The van der Waals surface area contributed by atoms with Crippen LogP contribution >= 0.6 is 0 Å². The van der Waals surface area contributed by atoms with Gasteiger partial charge in [-0.2, -0.15) is 4.98 Å². The summed E-state index contributed by atoms with van der Waals surface area (Å²) in [6, 6.07) is 1.81. The van der Waals surface area contributed by atoms with Crippen molar-refractivity contribution in [3.8, 4) is 0 Å². The van der Waals surface area contributed by atoms with E-state index in [2.05, 4.69) is 20.2 Å². The van der Waals surface area contributed by atoms with E-state index in [0.717, 1.165) is 43.9 Å². The number of carbonyl (C=O) groups is 1. The monoisotopic (exact) mass is 331 g/mol. The molecule has 24 heavy (non-hydrogen) atoms. The third kappa shape index (κ3) is 3.27. The minimum Gasteiger partial charge on any atom is -0.361 e. The van der Waals surface area contributed by atoms with E-state index in [1.807, 2.05) is 11.8 Å². The van der Waals surface area contributed by atoms with Gasteiger partial charge in [0.15, 0.2) is 0 Å². The van der Waals surface area contributed by atoms with Gasteiger partial charge in [0.05, 0.1) is 12.1 Å². The minimum atomic E-state index is 0.0692. The minimum absolute atomic E-state index is 0.0692. The normalized spacial score (nSPS) is 18.7. The first-order valence-electron chi connectivity index (χ1n) is 8.47. The fraction of sp³-hybridized carbons (Fsp3) is 0.625. The maximum atomic E-state index is 12.4. The van der Waals surface area contributed by atoms with E-state index >= 15 is 0 Å². The van der Waals surface area contributed by atoms with Crippen molar-refractivity contribution in [1.29, 1.82) is 0 Å². The Morgan fingerprint density at radius 2 is 2.08 bits per heavy atom. The standard InChI is InChI=1S/C16H21N5O3/c1-11-9-13(23-18-11)10-14(22)20-5-2-6-21(8-7-20)16-17-15(24-19-16)12-3-4-12/h9,12H,2-8,10H2,1H3. The van der Waals surface area contributed by atoms with E-state index in [-0.39, 0.29) is 12.3 Å². The molecule has 2 aliphatic rings. The number of hydrogen-bond acceptors (Lipinski definition) is 7. The predicted octanol–water partition coefficient (Wildman–Crippen LogP) is 1.52. The molecule has 0 N–H and O–H groups in total. The summed E-state index contributed by atoms with van der Waals surface area (Å²) in [7, 11) is 0. The molecule has 0 bridgehead atoms. The van der Waals surface area contributed by atoms with E-state index in [1.54, 1.807) is 6.07 Å². The molecule has 4 rings (SSSR count). The Kier molecular flexibility index (Phi) is 3.95. The van der Waals surface area contributed by atoms with E-state index in [4.69, 9.17) is 9.05 Å². The molecule has 3 heterocycles. The van der Waals surface area contributed by atoms with Crippen molar-refractivity contribution in [2.45, 2.75) is 38.5 Å². The molecule has 2 fully saturated rings. The molecule has 8 heteroatoms. The summed E-state index contributed by atoms with van der Waals surface area (Å²) in [5.41, 5.74) is 0.795. The summed E-state index contributed by atoms with van der Waals surface area (Å²) in [4.78, 5) is 20.9. The van der Waals surface area contributed by atoms with E-state index in [9.17, 15) is 4.79 Å². The molecule has 0 spiro atoms. The van der Waals surface area contributed by atoms with Crippen molar-refractivity contribution in [2.24, 2.45) is 0 Å². The molecule has 0 aromatic carbocycles. The van der Waals surface area contributed by atoms with Crippen LogP contribution < -0.4 is 4.90 Å². The lowest BCUT2D eigenvalue weighted by atomic mass is 10.2. The third-order valence-electron chi connectivity index (χ3n) is 4.49. The molecule has 8 nitrogen and oxygen atoms in total. The van der Waals surface area contributed by atoms with Gasteiger partial charge in [-0.3, -0.25) is 4.79 Å². The highest BCUT2D eigenvalue weighted by Crippen LogP contribution is 2.39. The van der Waals surface area contributed by atoms with Crippen LogP contribution in [0.4, 0.5) is 5.95 Å². The van der Waals surface area contributed by atoms with Crippen LogP contribution in [0.5, 0.6) is 0 Å². The van der Waals surface area contributed by atoms with Crippen molar-refractivity contribution in [2.75, 3.05) is 31.1 Å². The Labute approximate surface area is 139 Å². The molecule has 0 unspecified atom stereocenters. The predicted molar refractivity (Wildman–Crippen MR) is 84.6 cm³/mol. The Morgan fingerprint density at radius 1 is 1.21 bits per heavy atom. The van der Waals surface area contributed by atoms with Gasteiger partial charge >= 0.3 is 0 Å². The number of aromatic nitrogens is 3. The number of aryl methyl sites for hydroxylation is 1. The Bertz CT molecular complexity index is 721. The summed E-state index contributed by atoms with van der Waals surface area (Å²) in [5.74, 6) is 2.55. The van der Waals surface area contributed by atoms with Crippen molar-refractivity contribution >= 4 is 11.9 Å². The lowest BCUT2D eigenvalue weighted by Crippen LogP contribution is -2.36. The lowest BCUT2D eigenvalue weighted by Gasteiger charge is -2.20. The second-order valence-electron chi connectivity index (χ2n) is 6.54. The average molecular weight is 331 g/mol. The molecule has 1 aliphatic carbocycles. The molecule has 2 aromatic heterocycles. The number of carbonyl (C=O) groups excluding carboxylic acids is 1. The van der Waals surface area contributed by atoms with Crippen LogP contribution in [0.2, 0.25) is 0 Å². The molecular formula is C16H21N5O3. The fourth-order valence-corrected chi connectivity index (χ4v) is 2.98. The molecule has 1 saturated heterocycles. The van der Waals surface area contributed by atoms with Gasteiger partial charge < -0.3 is 18.8 Å². The van der Waals surface area contributed by atoms with Crippen LogP contribution in [0, 0.1) is 6.92 Å². The second-order valence-corrected chi connectivity index (χ2v) is 6.54. The molecule has 0 atom stereocenters. The van der Waals surface area contributed by atoms with Gasteiger partial charge in [0.2, 0.25) is 11.8 Å². The third-order valence-corrected chi connectivity index (χ3v) is 4.49. The molecule has 1 aliphatic heterocycles. The summed E-state index contributed by atoms with van der Waals surface area (Å²) in [6.07, 6.45) is 3.43. The SMILES string of the molecule is Cc1cc(CC(=O)N2CCCN(c3noc(C4CC4)n3)CC2)on1. The Balaban J connectivity index is 1.35. The zero-order valence-electron chi connectivity index (χ0n) is 13.8. The number of anilines is 1. The number of amides is 1. The Hall–Kier alpha value is -2.38. The van der Waals surface area contributed by atoms with Crippen molar-refractivity contribution in [3.63, 3.8) is 0 Å². The van der Waals surface area contributed by atoms with Crippen molar-refractivity contribution < 1.29 is 13.8 Å². The summed E-state index contributed by atoms with van der Waals surface area (Å²) in [6.45, 7) is 4.77. The van der Waals surface area contributed by atoms with Crippen LogP contribution in [0.15, 0.2) is 15.1 Å². The largest absolute Gasteiger partial charge is 0.361 e. The fourth-order valence-electron chi connectivity index (χ4n) is 2.98. The topological polar surface area (TPSA) is 88.5 Å². The molecule has 1 amide bonds. The summed E-state index contributed by atoms with van der Waals surface area (Å²) in [5, 5.41) is 7.92. The van der Waals surface area contributed by atoms with Gasteiger partial charge in [0, 0.05) is 38.2 Å². The molecule has 128 valence electrons. The second kappa shape index (κ2) is 6.26. The average Bonchev–Trinajstić information content (AvgIpc) is 3.25. The number of nitrogens with zero attached hydrogens (tertiary/aromatic N) is 5. The summed E-state index contributed by atoms with van der Waals surface area (Å²) >= 11 is 0. The zero-order chi connectivity index (χ0) is 16.5. The molecule has 0 radical (unpaired) electrons. The quantitative estimate of drug-likeness (QED) is 0.839. The first-order chi connectivity index (χ1) is 11.7. The lowest BCUT2D eigenvalue weighted by molar-refractivity contribution is -0.130. The Morgan fingerprint density at radius 3 is 2.83 bits per heavy atom. The van der Waals surface area contributed by atoms with Gasteiger partial charge in [0.25, 0.3) is 5.95 Å². The summed E-state index contributed by atoms with van der Waals surface area (Å²) < 4.78 is 10.5. The first kappa shape index (κ1) is 15.2. The number of hydrogen-bond donors (Lipinski definition) is 0. The van der Waals surface area contributed by atoms with Gasteiger partial charge in [-0.15, -0.1) is 0 Å². The van der Waals surface area contributed by atoms with Gasteiger partial charge in [-0.25, -0.2) is 0 Å². The smallest absolute Gasteiger partial charge is 0.266 e. The molecule has 1 saturated carbocycles. The maximum absolute atomic E-state index is 12.4. The van der Waals surface area contributed by atoms with Crippen LogP contribution in [-0.4, -0.2) is 52.3 Å². The van der Waals surface area contributed by atoms with Crippen LogP contribution in [-0.2, 0) is 11.2 Å². The maximum Gasteiger partial charge on any atom is 0.266 e. The van der Waals surface area contributed by atoms with E-state index in [0.29, 0.717) is 30.7 Å². The van der Waals surface area contributed by atoms with Gasteiger partial charge in [0.1, 0.15) is 5.76 Å². The zero-order valence-corrected chi connectivity index (χ0v) is 13.8. The van der Waals surface area contributed by atoms with E-state index < -0.39 is 0 Å². The molecule has 2 aromatic rings. The highest BCUT2D eigenvalue weighted by atomic mass is 16.5. The van der Waals surface area contributed by atoms with Crippen LogP contribution in [0.3, 0.4) is 0 Å². The first-order valence-corrected chi connectivity index (χ1v) is 8.47. The van der Waals surface area contributed by atoms with Crippen molar-refractivity contribution in [1.82, 2.24) is 20.2 Å². The highest BCUT2D eigenvalue weighted by Gasteiger charge is 2.31. The van der Waals surface area contributed by atoms with Gasteiger partial charge in [-0.05, 0) is 31.3 Å². The van der Waals surface area contributed by atoms with E-state index in [1.165, 1.54) is 0 Å². The molecular weight excluding hydrogens is 310 g/mol. The highest BCUT2D eigenvalue weighted by molar-refractivity contribution is 5.78.